The fourth-order valence-corrected chi connectivity index (χ4v) is 2.05. The molecular weight excluding hydrogens is 365 g/mol. The minimum atomic E-state index is -2.37. The number of rotatable bonds is 4. The summed E-state index contributed by atoms with van der Waals surface area (Å²) < 4.78 is 26.1. The molecule has 0 spiro atoms. The Labute approximate surface area is 104 Å². The highest BCUT2D eigenvalue weighted by Crippen LogP contribution is 2.25. The summed E-state index contributed by atoms with van der Waals surface area (Å²) in [6.07, 6.45) is -0.766. The molecule has 0 heterocycles. The molecule has 0 nitrogen and oxygen atoms in total. The van der Waals surface area contributed by atoms with Crippen molar-refractivity contribution in [1.82, 2.24) is 0 Å². The Bertz CT molecular complexity index is 302. The van der Waals surface area contributed by atoms with Gasteiger partial charge >= 0.3 is 0 Å². The molecule has 1 aromatic rings. The molecule has 0 N–H and O–H groups in total. The Hall–Kier alpha value is 0.290. The van der Waals surface area contributed by atoms with E-state index in [1.54, 1.807) is 12.1 Å². The van der Waals surface area contributed by atoms with Gasteiger partial charge in [-0.1, -0.05) is 22.0 Å². The smallest absolute Gasteiger partial charge is 0.205 e. The molecule has 0 saturated carbocycles. The molecule has 0 aliphatic carbocycles. The fraction of sp³-hybridized carbons (Fsp3) is 0.400. The van der Waals surface area contributed by atoms with Crippen molar-refractivity contribution in [2.45, 2.75) is 19.3 Å². The lowest BCUT2D eigenvalue weighted by Crippen LogP contribution is -1.96. The molecule has 0 fully saturated rings. The van der Waals surface area contributed by atoms with E-state index in [-0.39, 0.29) is 5.56 Å². The van der Waals surface area contributed by atoms with E-state index in [9.17, 15) is 8.78 Å². The number of alkyl halides is 3. The van der Waals surface area contributed by atoms with Crippen molar-refractivity contribution in [3.05, 3.63) is 32.9 Å². The van der Waals surface area contributed by atoms with Crippen LogP contribution in [0, 0.1) is 3.57 Å². The maximum atomic E-state index is 12.6. The van der Waals surface area contributed by atoms with Crippen LogP contribution in [-0.2, 0) is 6.42 Å². The molecule has 14 heavy (non-hydrogen) atoms. The monoisotopic (exact) mass is 374 g/mol. The van der Waals surface area contributed by atoms with Gasteiger partial charge in [-0.15, -0.1) is 0 Å². The summed E-state index contributed by atoms with van der Waals surface area (Å²) >= 11 is 5.34. The lowest BCUT2D eigenvalue weighted by molar-refractivity contribution is 0.150. The predicted molar refractivity (Wildman–Crippen MR) is 66.2 cm³/mol. The number of hydrogen-bond donors (Lipinski definition) is 0. The molecule has 0 amide bonds. The van der Waals surface area contributed by atoms with Crippen LogP contribution in [0.1, 0.15) is 24.0 Å². The second kappa shape index (κ2) is 6.00. The molecule has 1 rings (SSSR count). The molecule has 0 radical (unpaired) electrons. The Morgan fingerprint density at radius 2 is 2.07 bits per heavy atom. The van der Waals surface area contributed by atoms with E-state index in [0.717, 1.165) is 20.9 Å². The molecule has 0 saturated heterocycles. The molecule has 0 bridgehead atoms. The van der Waals surface area contributed by atoms with Crippen LogP contribution in [-0.4, -0.2) is 5.33 Å². The van der Waals surface area contributed by atoms with Crippen molar-refractivity contribution in [1.29, 1.82) is 0 Å². The van der Waals surface area contributed by atoms with Crippen LogP contribution in [0.25, 0.3) is 0 Å². The topological polar surface area (TPSA) is 0 Å². The fourth-order valence-electron chi connectivity index (χ4n) is 1.25. The number of benzene rings is 1. The first-order chi connectivity index (χ1) is 6.65. The molecular formula is C10H10BrF2I. The van der Waals surface area contributed by atoms with Crippen molar-refractivity contribution >= 4 is 38.5 Å². The Morgan fingerprint density at radius 1 is 1.36 bits per heavy atom. The number of aryl methyl sites for hydroxylation is 1. The van der Waals surface area contributed by atoms with Gasteiger partial charge in [-0.25, -0.2) is 8.78 Å². The molecule has 0 atom stereocenters. The highest BCUT2D eigenvalue weighted by molar-refractivity contribution is 14.1. The van der Waals surface area contributed by atoms with Gasteiger partial charge in [-0.2, -0.15) is 0 Å². The standard InChI is InChI=1S/C10H10BrF2I/c11-5-1-2-7-3-4-8(14)6-9(7)10(12)13/h3-4,6,10H,1-2,5H2. The molecule has 1 aromatic carbocycles. The van der Waals surface area contributed by atoms with Crippen LogP contribution in [0.3, 0.4) is 0 Å². The van der Waals surface area contributed by atoms with Crippen molar-refractivity contribution in [3.63, 3.8) is 0 Å². The zero-order valence-corrected chi connectivity index (χ0v) is 11.2. The number of halogens is 4. The van der Waals surface area contributed by atoms with Crippen LogP contribution in [0.5, 0.6) is 0 Å². The Morgan fingerprint density at radius 3 is 2.64 bits per heavy atom. The average Bonchev–Trinajstić information content (AvgIpc) is 2.15. The highest BCUT2D eigenvalue weighted by Gasteiger charge is 2.12. The molecule has 0 aliphatic heterocycles. The highest BCUT2D eigenvalue weighted by atomic mass is 127. The van der Waals surface area contributed by atoms with Gasteiger partial charge in [0.15, 0.2) is 0 Å². The van der Waals surface area contributed by atoms with Crippen LogP contribution < -0.4 is 0 Å². The van der Waals surface area contributed by atoms with Crippen LogP contribution in [0.15, 0.2) is 18.2 Å². The van der Waals surface area contributed by atoms with Gasteiger partial charge in [0, 0.05) is 14.5 Å². The third-order valence-corrected chi connectivity index (χ3v) is 3.15. The molecule has 0 unspecified atom stereocenters. The first kappa shape index (κ1) is 12.4. The number of hydrogen-bond acceptors (Lipinski definition) is 0. The van der Waals surface area contributed by atoms with Crippen LogP contribution in [0.4, 0.5) is 8.78 Å². The van der Waals surface area contributed by atoms with Crippen molar-refractivity contribution in [2.75, 3.05) is 5.33 Å². The van der Waals surface area contributed by atoms with Crippen molar-refractivity contribution in [3.8, 4) is 0 Å². The minimum Gasteiger partial charge on any atom is -0.205 e. The minimum absolute atomic E-state index is 0.179. The summed E-state index contributed by atoms with van der Waals surface area (Å²) in [6, 6.07) is 5.23. The quantitative estimate of drug-likeness (QED) is 0.535. The normalized spacial score (nSPS) is 10.9. The summed E-state index contributed by atoms with van der Waals surface area (Å²) in [5, 5.41) is 0.849. The Kier molecular flexibility index (Phi) is 5.30. The van der Waals surface area contributed by atoms with E-state index in [2.05, 4.69) is 38.5 Å². The first-order valence-corrected chi connectivity index (χ1v) is 6.47. The molecule has 4 heteroatoms. The van der Waals surface area contributed by atoms with Gasteiger partial charge in [0.2, 0.25) is 0 Å². The van der Waals surface area contributed by atoms with E-state index in [4.69, 9.17) is 0 Å². The maximum absolute atomic E-state index is 12.6. The lowest BCUT2D eigenvalue weighted by atomic mass is 10.0. The van der Waals surface area contributed by atoms with Crippen molar-refractivity contribution in [2.24, 2.45) is 0 Å². The molecule has 0 aromatic heterocycles. The van der Waals surface area contributed by atoms with E-state index in [1.807, 2.05) is 6.07 Å². The predicted octanol–water partition coefficient (Wildman–Crippen LogP) is 4.56. The first-order valence-electron chi connectivity index (χ1n) is 4.27. The van der Waals surface area contributed by atoms with Gasteiger partial charge in [0.25, 0.3) is 6.43 Å². The largest absolute Gasteiger partial charge is 0.264 e. The lowest BCUT2D eigenvalue weighted by Gasteiger charge is -2.08. The summed E-state index contributed by atoms with van der Waals surface area (Å²) in [5.41, 5.74) is 0.942. The van der Waals surface area contributed by atoms with Gasteiger partial charge in [-0.05, 0) is 53.1 Å². The summed E-state index contributed by atoms with van der Waals surface area (Å²) in [7, 11) is 0. The zero-order valence-electron chi connectivity index (χ0n) is 7.44. The third-order valence-electron chi connectivity index (χ3n) is 1.92. The average molecular weight is 375 g/mol. The third kappa shape index (κ3) is 3.46. The SMILES string of the molecule is FC(F)c1cc(I)ccc1CCCBr. The summed E-state index contributed by atoms with van der Waals surface area (Å²) in [5.74, 6) is 0. The maximum Gasteiger partial charge on any atom is 0.264 e. The second-order valence-electron chi connectivity index (χ2n) is 2.94. The van der Waals surface area contributed by atoms with E-state index in [0.29, 0.717) is 6.42 Å². The van der Waals surface area contributed by atoms with Gasteiger partial charge < -0.3 is 0 Å². The second-order valence-corrected chi connectivity index (χ2v) is 4.97. The van der Waals surface area contributed by atoms with E-state index in [1.165, 1.54) is 0 Å². The van der Waals surface area contributed by atoms with Gasteiger partial charge in [0.1, 0.15) is 0 Å². The molecule has 0 aliphatic rings. The summed E-state index contributed by atoms with van der Waals surface area (Å²) in [4.78, 5) is 0. The van der Waals surface area contributed by atoms with Gasteiger partial charge in [-0.3, -0.25) is 0 Å². The van der Waals surface area contributed by atoms with E-state index < -0.39 is 6.43 Å². The van der Waals surface area contributed by atoms with Crippen LogP contribution >= 0.6 is 38.5 Å². The summed E-state index contributed by atoms with van der Waals surface area (Å²) in [6.45, 7) is 0. The van der Waals surface area contributed by atoms with Crippen LogP contribution in [0.2, 0.25) is 0 Å². The van der Waals surface area contributed by atoms with E-state index >= 15 is 0 Å². The van der Waals surface area contributed by atoms with Gasteiger partial charge in [0.05, 0.1) is 0 Å². The zero-order chi connectivity index (χ0) is 10.6. The van der Waals surface area contributed by atoms with Crippen molar-refractivity contribution < 1.29 is 8.78 Å². The Balaban J connectivity index is 2.90. The molecule has 78 valence electrons.